The van der Waals surface area contributed by atoms with Crippen LogP contribution in [0.4, 0.5) is 0 Å². The Labute approximate surface area is 260 Å². The highest BCUT2D eigenvalue weighted by atomic mass is 32.2. The lowest BCUT2D eigenvalue weighted by molar-refractivity contribution is -0.646. The molecule has 44 heavy (non-hydrogen) atoms. The summed E-state index contributed by atoms with van der Waals surface area (Å²) in [5.74, 6) is -1.13. The van der Waals surface area contributed by atoms with Crippen LogP contribution >= 0.6 is 11.3 Å². The third kappa shape index (κ3) is 7.30. The van der Waals surface area contributed by atoms with E-state index in [0.717, 1.165) is 42.6 Å². The average Bonchev–Trinajstić information content (AvgIpc) is 3.32. The van der Waals surface area contributed by atoms with Crippen LogP contribution in [0.1, 0.15) is 66.7 Å². The smallest absolute Gasteiger partial charge is 0.323 e. The average molecular weight is 641 g/mol. The van der Waals surface area contributed by atoms with Gasteiger partial charge in [-0.3, -0.25) is 19.4 Å². The summed E-state index contributed by atoms with van der Waals surface area (Å²) in [6, 6.07) is 7.70. The van der Waals surface area contributed by atoms with Crippen molar-refractivity contribution in [3.63, 3.8) is 0 Å². The van der Waals surface area contributed by atoms with E-state index in [1.165, 1.54) is 29.5 Å². The number of carbonyl (C=O) groups is 3. The molecule has 234 valence electrons. The fraction of sp³-hybridized carbons (Fsp3) is 0.467. The van der Waals surface area contributed by atoms with E-state index >= 15 is 0 Å². The molecule has 0 aromatic carbocycles. The van der Waals surface area contributed by atoms with Gasteiger partial charge in [0.2, 0.25) is 5.91 Å². The molecule has 5 rings (SSSR count). The van der Waals surface area contributed by atoms with Crippen LogP contribution in [0.5, 0.6) is 0 Å². The van der Waals surface area contributed by atoms with Crippen LogP contribution in [0.3, 0.4) is 0 Å². The number of nitrogens with one attached hydrogen (secondary N) is 2. The van der Waals surface area contributed by atoms with Gasteiger partial charge in [0.1, 0.15) is 15.9 Å². The van der Waals surface area contributed by atoms with E-state index in [-0.39, 0.29) is 23.6 Å². The summed E-state index contributed by atoms with van der Waals surface area (Å²) in [5, 5.41) is 18.0. The van der Waals surface area contributed by atoms with Crippen molar-refractivity contribution in [2.75, 3.05) is 13.1 Å². The molecule has 12 nitrogen and oxygen atoms in total. The van der Waals surface area contributed by atoms with E-state index in [4.69, 9.17) is 0 Å². The van der Waals surface area contributed by atoms with Gasteiger partial charge in [0.05, 0.1) is 24.0 Å². The lowest BCUT2D eigenvalue weighted by Crippen LogP contribution is -2.53. The molecule has 2 atom stereocenters. The zero-order valence-corrected chi connectivity index (χ0v) is 26.1. The number of rotatable bonds is 9. The molecule has 2 aliphatic rings. The monoisotopic (exact) mass is 640 g/mol. The van der Waals surface area contributed by atoms with Crippen molar-refractivity contribution in [1.82, 2.24) is 24.9 Å². The topological polar surface area (TPSA) is 165 Å². The highest BCUT2D eigenvalue weighted by molar-refractivity contribution is 7.89. The summed E-state index contributed by atoms with van der Waals surface area (Å²) < 4.78 is 27.5. The Morgan fingerprint density at radius 2 is 1.89 bits per heavy atom. The predicted octanol–water partition coefficient (Wildman–Crippen LogP) is 2.75. The number of aromatic nitrogens is 3. The minimum Gasteiger partial charge on any atom is -0.618 e. The highest BCUT2D eigenvalue weighted by Crippen LogP contribution is 2.29. The molecule has 1 saturated carbocycles. The molecule has 1 aliphatic carbocycles. The standard InChI is InChI=1S/C30H36N6O6S2/c1-20-27(43-30(32-20)23-12-5-7-15-31-23)29(39)34-24(18-21-10-3-2-4-11-21)28(38)33-22-13-9-16-35(19-25(22)37)44(41,42)26-14-6-8-17-36(26)40/h5-8,12,14-15,17,21-22,24H,2-4,9-11,13,16,18-19H2,1H3,(H,33,38)(H,34,39)/t22?,24-/m0/s1. The quantitative estimate of drug-likeness (QED) is 0.266. The van der Waals surface area contributed by atoms with E-state index in [2.05, 4.69) is 20.6 Å². The number of amides is 2. The van der Waals surface area contributed by atoms with Crippen molar-refractivity contribution in [1.29, 1.82) is 0 Å². The molecular formula is C30H36N6O6S2. The predicted molar refractivity (Wildman–Crippen MR) is 163 cm³/mol. The lowest BCUT2D eigenvalue weighted by atomic mass is 9.84. The molecule has 1 saturated heterocycles. The van der Waals surface area contributed by atoms with Crippen LogP contribution in [0.15, 0.2) is 53.8 Å². The Balaban J connectivity index is 1.30. The number of thiazole rings is 1. The van der Waals surface area contributed by atoms with Crippen LogP contribution in [0, 0.1) is 18.0 Å². The van der Waals surface area contributed by atoms with Gasteiger partial charge in [0.15, 0.2) is 12.0 Å². The maximum Gasteiger partial charge on any atom is 0.323 e. The van der Waals surface area contributed by atoms with Gasteiger partial charge in [-0.25, -0.2) is 13.4 Å². The van der Waals surface area contributed by atoms with Crippen molar-refractivity contribution in [2.24, 2.45) is 5.92 Å². The van der Waals surface area contributed by atoms with E-state index < -0.39 is 51.3 Å². The number of pyridine rings is 2. The fourth-order valence-corrected chi connectivity index (χ4v) is 8.20. The molecule has 1 aliphatic heterocycles. The molecule has 3 aromatic heterocycles. The number of nitrogens with zero attached hydrogens (tertiary/aromatic N) is 4. The number of hydrogen-bond acceptors (Lipinski definition) is 9. The molecule has 1 unspecified atom stereocenters. The second-order valence-electron chi connectivity index (χ2n) is 11.3. The van der Waals surface area contributed by atoms with Gasteiger partial charge in [-0.2, -0.15) is 9.04 Å². The van der Waals surface area contributed by atoms with Crippen LogP contribution in [-0.2, 0) is 19.6 Å². The molecule has 0 radical (unpaired) electrons. The number of Topliss-reactive ketones (excluding diaryl/α,β-unsaturated/α-hetero) is 1. The summed E-state index contributed by atoms with van der Waals surface area (Å²) in [6.07, 6.45) is 8.88. The van der Waals surface area contributed by atoms with Crippen molar-refractivity contribution < 1.29 is 27.5 Å². The summed E-state index contributed by atoms with van der Waals surface area (Å²) in [7, 11) is -4.22. The van der Waals surface area contributed by atoms with Gasteiger partial charge in [-0.15, -0.1) is 11.3 Å². The van der Waals surface area contributed by atoms with Gasteiger partial charge < -0.3 is 15.8 Å². The largest absolute Gasteiger partial charge is 0.618 e. The zero-order valence-electron chi connectivity index (χ0n) is 24.5. The molecule has 14 heteroatoms. The second kappa shape index (κ2) is 13.9. The highest BCUT2D eigenvalue weighted by Gasteiger charge is 2.37. The Morgan fingerprint density at radius 1 is 1.11 bits per heavy atom. The number of sulfonamides is 1. The van der Waals surface area contributed by atoms with E-state index in [9.17, 15) is 28.0 Å². The zero-order chi connectivity index (χ0) is 31.3. The number of aryl methyl sites for hydroxylation is 1. The summed E-state index contributed by atoms with van der Waals surface area (Å²) >= 11 is 1.20. The first-order chi connectivity index (χ1) is 21.1. The van der Waals surface area contributed by atoms with Gasteiger partial charge >= 0.3 is 15.0 Å². The Kier molecular flexibility index (Phi) is 10.0. The minimum atomic E-state index is -4.22. The number of ketones is 1. The molecule has 0 bridgehead atoms. The van der Waals surface area contributed by atoms with Crippen LogP contribution in [-0.4, -0.2) is 65.5 Å². The molecule has 0 spiro atoms. The van der Waals surface area contributed by atoms with Crippen LogP contribution in [0.25, 0.3) is 10.7 Å². The minimum absolute atomic E-state index is 0.0286. The van der Waals surface area contributed by atoms with E-state index in [1.807, 2.05) is 12.1 Å². The van der Waals surface area contributed by atoms with Crippen LogP contribution < -0.4 is 15.4 Å². The first kappa shape index (κ1) is 31.7. The molecule has 3 aromatic rings. The fourth-order valence-electron chi connectivity index (χ4n) is 5.79. The van der Waals surface area contributed by atoms with Crippen molar-refractivity contribution in [2.45, 2.75) is 75.4 Å². The van der Waals surface area contributed by atoms with E-state index in [1.54, 1.807) is 19.2 Å². The molecule has 2 fully saturated rings. The van der Waals surface area contributed by atoms with Crippen molar-refractivity contribution in [3.05, 3.63) is 64.6 Å². The first-order valence-corrected chi connectivity index (χ1v) is 17.1. The molecular weight excluding hydrogens is 605 g/mol. The third-order valence-electron chi connectivity index (χ3n) is 8.13. The Hall–Kier alpha value is -3.75. The summed E-state index contributed by atoms with van der Waals surface area (Å²) in [6.45, 7) is 1.29. The molecule has 2 N–H and O–H groups in total. The first-order valence-electron chi connectivity index (χ1n) is 14.8. The van der Waals surface area contributed by atoms with Gasteiger partial charge in [0.25, 0.3) is 5.91 Å². The molecule has 4 heterocycles. The third-order valence-corrected chi connectivity index (χ3v) is 11.1. The summed E-state index contributed by atoms with van der Waals surface area (Å²) in [4.78, 5) is 49.6. The number of hydrogen-bond donors (Lipinski definition) is 2. The lowest BCUT2D eigenvalue weighted by Gasteiger charge is -2.27. The second-order valence-corrected chi connectivity index (χ2v) is 14.2. The SMILES string of the molecule is Cc1nc(-c2ccccn2)sc1C(=O)N[C@@H](CC1CCCCC1)C(=O)NC1CCCN(S(=O)(=O)c2cccc[n+]2[O-])CC1=O. The Bertz CT molecular complexity index is 1610. The normalized spacial score (nSPS) is 19.2. The molecule has 2 amide bonds. The summed E-state index contributed by atoms with van der Waals surface area (Å²) in [5.41, 5.74) is 1.18. The van der Waals surface area contributed by atoms with Gasteiger partial charge in [-0.1, -0.05) is 38.2 Å². The Morgan fingerprint density at radius 3 is 2.61 bits per heavy atom. The maximum atomic E-state index is 13.7. The van der Waals surface area contributed by atoms with Gasteiger partial charge in [0, 0.05) is 24.9 Å². The number of carbonyl (C=O) groups excluding carboxylic acids is 3. The maximum absolute atomic E-state index is 13.7. The van der Waals surface area contributed by atoms with E-state index in [0.29, 0.717) is 34.1 Å². The van der Waals surface area contributed by atoms with Crippen molar-refractivity contribution >= 4 is 39.0 Å². The van der Waals surface area contributed by atoms with Gasteiger partial charge in [-0.05, 0) is 50.3 Å². The van der Waals surface area contributed by atoms with Crippen LogP contribution in [0.2, 0.25) is 0 Å². The van der Waals surface area contributed by atoms with Crippen molar-refractivity contribution in [3.8, 4) is 10.7 Å².